The summed E-state index contributed by atoms with van der Waals surface area (Å²) in [5, 5.41) is 0.0565. The number of morpholine rings is 1. The Morgan fingerprint density at radius 3 is 2.79 bits per heavy atom. The summed E-state index contributed by atoms with van der Waals surface area (Å²) in [5.74, 6) is 0.262. The lowest BCUT2D eigenvalue weighted by Gasteiger charge is -2.41. The van der Waals surface area contributed by atoms with Crippen LogP contribution in [0.4, 0.5) is 0 Å². The molecule has 0 spiro atoms. The maximum atomic E-state index is 12.5. The predicted octanol–water partition coefficient (Wildman–Crippen LogP) is 0.827. The molecule has 0 radical (unpaired) electrons. The van der Waals surface area contributed by atoms with Crippen LogP contribution in [0.25, 0.3) is 0 Å². The van der Waals surface area contributed by atoms with E-state index in [2.05, 4.69) is 4.98 Å². The van der Waals surface area contributed by atoms with E-state index in [0.717, 1.165) is 0 Å². The van der Waals surface area contributed by atoms with Gasteiger partial charge in [-0.25, -0.2) is 13.4 Å². The number of hydrogen-bond donors (Lipinski definition) is 0. The molecule has 1 aliphatic rings. The van der Waals surface area contributed by atoms with E-state index in [1.165, 1.54) is 16.8 Å². The Kier molecular flexibility index (Phi) is 3.92. The van der Waals surface area contributed by atoms with Gasteiger partial charge >= 0.3 is 0 Å². The number of aryl methyl sites for hydroxylation is 1. The highest BCUT2D eigenvalue weighted by atomic mass is 35.5. The number of rotatable bonds is 3. The van der Waals surface area contributed by atoms with Crippen LogP contribution in [0.2, 0.25) is 0 Å². The van der Waals surface area contributed by atoms with E-state index in [1.54, 1.807) is 11.6 Å². The molecule has 1 saturated heterocycles. The molecule has 1 atom stereocenters. The highest BCUT2D eigenvalue weighted by Gasteiger charge is 2.39. The third-order valence-corrected chi connectivity index (χ3v) is 4.95. The molecule has 1 aliphatic heterocycles. The second-order valence-electron chi connectivity index (χ2n) is 5.33. The third-order valence-electron chi connectivity index (χ3n) is 2.91. The Morgan fingerprint density at radius 1 is 1.58 bits per heavy atom. The quantitative estimate of drug-likeness (QED) is 0.776. The summed E-state index contributed by atoms with van der Waals surface area (Å²) in [6.45, 7) is 4.25. The van der Waals surface area contributed by atoms with Crippen molar-refractivity contribution in [3.8, 4) is 0 Å². The first-order valence-corrected chi connectivity index (χ1v) is 7.94. The van der Waals surface area contributed by atoms with Crippen LogP contribution in [-0.2, 0) is 21.8 Å². The fourth-order valence-corrected chi connectivity index (χ4v) is 3.91. The van der Waals surface area contributed by atoms with Crippen molar-refractivity contribution in [1.82, 2.24) is 13.9 Å². The summed E-state index contributed by atoms with van der Waals surface area (Å²) in [7, 11) is -1.86. The van der Waals surface area contributed by atoms with Gasteiger partial charge in [0.15, 0.2) is 5.03 Å². The van der Waals surface area contributed by atoms with E-state index in [1.807, 2.05) is 13.8 Å². The van der Waals surface area contributed by atoms with Crippen LogP contribution in [0.5, 0.6) is 0 Å². The highest BCUT2D eigenvalue weighted by molar-refractivity contribution is 7.89. The molecule has 0 saturated carbocycles. The third kappa shape index (κ3) is 3.10. The fourth-order valence-electron chi connectivity index (χ4n) is 2.16. The van der Waals surface area contributed by atoms with Crippen LogP contribution in [0.3, 0.4) is 0 Å². The maximum absolute atomic E-state index is 12.5. The Hall–Kier alpha value is -0.630. The summed E-state index contributed by atoms with van der Waals surface area (Å²) in [4.78, 5) is 3.92. The van der Waals surface area contributed by atoms with Gasteiger partial charge in [0.1, 0.15) is 0 Å². The van der Waals surface area contributed by atoms with Crippen LogP contribution in [0, 0.1) is 0 Å². The lowest BCUT2D eigenvalue weighted by molar-refractivity contribution is -0.107. The van der Waals surface area contributed by atoms with Crippen molar-refractivity contribution in [3.63, 3.8) is 0 Å². The maximum Gasteiger partial charge on any atom is 0.262 e. The number of ether oxygens (including phenoxy) is 1. The molecular formula is C11H18ClN3O3S. The molecule has 1 aromatic heterocycles. The van der Waals surface area contributed by atoms with E-state index in [9.17, 15) is 8.42 Å². The second kappa shape index (κ2) is 5.05. The lowest BCUT2D eigenvalue weighted by atomic mass is 10.1. The molecular weight excluding hydrogens is 290 g/mol. The standard InChI is InChI=1S/C11H18ClN3O3S/c1-11(2)7-15(5-9(4-12)18-11)19(16,17)10-6-14(3)8-13-10/h6,8-9H,4-5,7H2,1-3H3. The molecule has 2 rings (SSSR count). The minimum absolute atomic E-state index is 0.0565. The largest absolute Gasteiger partial charge is 0.368 e. The minimum Gasteiger partial charge on any atom is -0.368 e. The van der Waals surface area contributed by atoms with E-state index >= 15 is 0 Å². The van der Waals surface area contributed by atoms with Crippen molar-refractivity contribution in [1.29, 1.82) is 0 Å². The van der Waals surface area contributed by atoms with Gasteiger partial charge in [-0.05, 0) is 13.8 Å². The van der Waals surface area contributed by atoms with E-state index in [0.29, 0.717) is 6.54 Å². The van der Waals surface area contributed by atoms with Crippen LogP contribution in [-0.4, -0.2) is 52.9 Å². The normalized spacial score (nSPS) is 24.5. The molecule has 1 fully saturated rings. The Labute approximate surface area is 118 Å². The summed E-state index contributed by atoms with van der Waals surface area (Å²) in [5.41, 5.74) is -0.556. The number of alkyl halides is 1. The van der Waals surface area contributed by atoms with Crippen molar-refractivity contribution in [3.05, 3.63) is 12.5 Å². The van der Waals surface area contributed by atoms with Gasteiger partial charge in [0.25, 0.3) is 10.0 Å². The molecule has 0 amide bonds. The molecule has 8 heteroatoms. The van der Waals surface area contributed by atoms with Crippen LogP contribution < -0.4 is 0 Å². The average molecular weight is 308 g/mol. The second-order valence-corrected chi connectivity index (χ2v) is 7.52. The molecule has 19 heavy (non-hydrogen) atoms. The van der Waals surface area contributed by atoms with Gasteiger partial charge in [0.05, 0.1) is 18.0 Å². The lowest BCUT2D eigenvalue weighted by Crippen LogP contribution is -2.55. The predicted molar refractivity (Wildman–Crippen MR) is 71.6 cm³/mol. The van der Waals surface area contributed by atoms with E-state index in [4.69, 9.17) is 16.3 Å². The first-order valence-electron chi connectivity index (χ1n) is 5.96. The highest BCUT2D eigenvalue weighted by Crippen LogP contribution is 2.26. The van der Waals surface area contributed by atoms with Gasteiger partial charge in [0, 0.05) is 32.2 Å². The Morgan fingerprint density at radius 2 is 2.26 bits per heavy atom. The summed E-state index contributed by atoms with van der Waals surface area (Å²) in [6, 6.07) is 0. The zero-order chi connectivity index (χ0) is 14.3. The molecule has 0 N–H and O–H groups in total. The number of hydrogen-bond acceptors (Lipinski definition) is 4. The molecule has 0 aromatic carbocycles. The molecule has 1 unspecified atom stereocenters. The van der Waals surface area contributed by atoms with E-state index < -0.39 is 15.6 Å². The van der Waals surface area contributed by atoms with Crippen molar-refractivity contribution in [2.75, 3.05) is 19.0 Å². The van der Waals surface area contributed by atoms with Crippen molar-refractivity contribution >= 4 is 21.6 Å². The number of sulfonamides is 1. The first kappa shape index (κ1) is 14.8. The van der Waals surface area contributed by atoms with Gasteiger partial charge in [-0.1, -0.05) is 0 Å². The topological polar surface area (TPSA) is 64.4 Å². The van der Waals surface area contributed by atoms with Crippen LogP contribution in [0.1, 0.15) is 13.8 Å². The van der Waals surface area contributed by atoms with Gasteiger partial charge in [0.2, 0.25) is 0 Å². The van der Waals surface area contributed by atoms with Crippen LogP contribution >= 0.6 is 11.6 Å². The van der Waals surface area contributed by atoms with Gasteiger partial charge in [-0.2, -0.15) is 4.31 Å². The van der Waals surface area contributed by atoms with Gasteiger partial charge < -0.3 is 9.30 Å². The average Bonchev–Trinajstić information content (AvgIpc) is 2.74. The summed E-state index contributed by atoms with van der Waals surface area (Å²) >= 11 is 5.81. The molecule has 6 nitrogen and oxygen atoms in total. The Bertz CT molecular complexity index is 555. The number of halogens is 1. The SMILES string of the molecule is Cn1cnc(S(=O)(=O)N2CC(CCl)OC(C)(C)C2)c1. The molecule has 1 aromatic rings. The van der Waals surface area contributed by atoms with Crippen molar-refractivity contribution < 1.29 is 13.2 Å². The van der Waals surface area contributed by atoms with Gasteiger partial charge in [-0.3, -0.25) is 0 Å². The molecule has 0 bridgehead atoms. The van der Waals surface area contributed by atoms with Crippen molar-refractivity contribution in [2.24, 2.45) is 7.05 Å². The van der Waals surface area contributed by atoms with Crippen molar-refractivity contribution in [2.45, 2.75) is 30.6 Å². The van der Waals surface area contributed by atoms with Crippen LogP contribution in [0.15, 0.2) is 17.6 Å². The molecule has 2 heterocycles. The van der Waals surface area contributed by atoms with Gasteiger partial charge in [-0.15, -0.1) is 11.6 Å². The number of imidazole rings is 1. The smallest absolute Gasteiger partial charge is 0.262 e. The Balaban J connectivity index is 2.29. The molecule has 108 valence electrons. The van der Waals surface area contributed by atoms with E-state index in [-0.39, 0.29) is 23.6 Å². The fraction of sp³-hybridized carbons (Fsp3) is 0.727. The first-order chi connectivity index (χ1) is 8.74. The molecule has 0 aliphatic carbocycles. The number of nitrogens with zero attached hydrogens (tertiary/aromatic N) is 3. The zero-order valence-electron chi connectivity index (χ0n) is 11.2. The minimum atomic E-state index is -3.59. The number of aromatic nitrogens is 2. The monoisotopic (exact) mass is 307 g/mol. The summed E-state index contributed by atoms with van der Waals surface area (Å²) < 4.78 is 33.7. The zero-order valence-corrected chi connectivity index (χ0v) is 12.8. The summed E-state index contributed by atoms with van der Waals surface area (Å²) in [6.07, 6.45) is 2.66.